The molecule has 2 bridgehead atoms. The van der Waals surface area contributed by atoms with E-state index in [-0.39, 0.29) is 28.8 Å². The third kappa shape index (κ3) is 3.76. The molecule has 2 aliphatic rings. The molecular formula is C20H18F3N3O. The van der Waals surface area contributed by atoms with Crippen LogP contribution >= 0.6 is 0 Å². The van der Waals surface area contributed by atoms with Crippen LogP contribution < -0.4 is 10.1 Å². The molecule has 27 heavy (non-hydrogen) atoms. The molecule has 2 fully saturated rings. The standard InChI is InChI=1S/C20H18F3N3O/c21-20(22,23)17-4-2-1-3-16(17)18-7-12(11-24)8-19(26-18)27-15-9-13-5-6-14(10-15)25-13/h1-4,7-8,13-15,25H,5-6,9-10H2/t13-,14+,15?. The number of piperidine rings is 1. The maximum absolute atomic E-state index is 13.4. The van der Waals surface area contributed by atoms with Crippen LogP contribution in [0.15, 0.2) is 36.4 Å². The topological polar surface area (TPSA) is 57.9 Å². The zero-order chi connectivity index (χ0) is 19.0. The first kappa shape index (κ1) is 17.8. The number of hydrogen-bond donors (Lipinski definition) is 1. The van der Waals surface area contributed by atoms with E-state index in [1.807, 2.05) is 6.07 Å². The van der Waals surface area contributed by atoms with Gasteiger partial charge in [0.15, 0.2) is 0 Å². The number of fused-ring (bicyclic) bond motifs is 2. The quantitative estimate of drug-likeness (QED) is 0.872. The van der Waals surface area contributed by atoms with Crippen molar-refractivity contribution in [2.75, 3.05) is 0 Å². The number of pyridine rings is 1. The Kier molecular flexibility index (Phi) is 4.52. The number of benzene rings is 1. The smallest absolute Gasteiger partial charge is 0.417 e. The van der Waals surface area contributed by atoms with Gasteiger partial charge in [-0.1, -0.05) is 18.2 Å². The highest BCUT2D eigenvalue weighted by Gasteiger charge is 2.35. The normalized spacial score (nSPS) is 24.4. The van der Waals surface area contributed by atoms with E-state index in [1.54, 1.807) is 0 Å². The van der Waals surface area contributed by atoms with E-state index >= 15 is 0 Å². The molecule has 0 saturated carbocycles. The van der Waals surface area contributed by atoms with E-state index in [9.17, 15) is 18.4 Å². The Hall–Kier alpha value is -2.59. The monoisotopic (exact) mass is 373 g/mol. The summed E-state index contributed by atoms with van der Waals surface area (Å²) in [6.45, 7) is 0. The van der Waals surface area contributed by atoms with Gasteiger partial charge in [-0.25, -0.2) is 4.98 Å². The molecule has 4 rings (SSSR count). The summed E-state index contributed by atoms with van der Waals surface area (Å²) in [5.41, 5.74) is -0.520. The lowest BCUT2D eigenvalue weighted by molar-refractivity contribution is -0.137. The average Bonchev–Trinajstić information content (AvgIpc) is 2.99. The van der Waals surface area contributed by atoms with Gasteiger partial charge in [0, 0.05) is 23.7 Å². The first-order valence-electron chi connectivity index (χ1n) is 8.94. The lowest BCUT2D eigenvalue weighted by Gasteiger charge is -2.29. The van der Waals surface area contributed by atoms with E-state index in [1.165, 1.54) is 30.3 Å². The zero-order valence-electron chi connectivity index (χ0n) is 14.5. The Morgan fingerprint density at radius 3 is 2.48 bits per heavy atom. The summed E-state index contributed by atoms with van der Waals surface area (Å²) in [6, 6.07) is 10.9. The highest BCUT2D eigenvalue weighted by Crippen LogP contribution is 2.37. The molecule has 140 valence electrons. The van der Waals surface area contributed by atoms with Crippen LogP contribution in [0.4, 0.5) is 13.2 Å². The fourth-order valence-electron chi connectivity index (χ4n) is 3.99. The Bertz CT molecular complexity index is 879. The summed E-state index contributed by atoms with van der Waals surface area (Å²) in [4.78, 5) is 4.30. The van der Waals surface area contributed by atoms with Crippen molar-refractivity contribution in [1.82, 2.24) is 10.3 Å². The first-order valence-corrected chi connectivity index (χ1v) is 8.94. The van der Waals surface area contributed by atoms with Crippen molar-refractivity contribution in [3.8, 4) is 23.2 Å². The highest BCUT2D eigenvalue weighted by atomic mass is 19.4. The minimum absolute atomic E-state index is 0.0455. The van der Waals surface area contributed by atoms with E-state index in [2.05, 4.69) is 10.3 Å². The third-order valence-corrected chi connectivity index (χ3v) is 5.16. The fraction of sp³-hybridized carbons (Fsp3) is 0.400. The number of rotatable bonds is 3. The van der Waals surface area contributed by atoms with Crippen LogP contribution in [0.5, 0.6) is 5.88 Å². The number of halogens is 3. The SMILES string of the molecule is N#Cc1cc(OC2C[C@H]3CC[C@@H](C2)N3)nc(-c2ccccc2C(F)(F)F)c1. The lowest BCUT2D eigenvalue weighted by atomic mass is 10.0. The predicted molar refractivity (Wildman–Crippen MR) is 93.0 cm³/mol. The van der Waals surface area contributed by atoms with Crippen LogP contribution in [-0.2, 0) is 6.18 Å². The molecule has 4 nitrogen and oxygen atoms in total. The molecule has 3 atom stereocenters. The van der Waals surface area contributed by atoms with Crippen molar-refractivity contribution in [1.29, 1.82) is 5.26 Å². The minimum atomic E-state index is -4.50. The minimum Gasteiger partial charge on any atom is -0.474 e. The third-order valence-electron chi connectivity index (χ3n) is 5.16. The molecular weight excluding hydrogens is 355 g/mol. The van der Waals surface area contributed by atoms with Crippen molar-refractivity contribution < 1.29 is 17.9 Å². The van der Waals surface area contributed by atoms with Gasteiger partial charge < -0.3 is 10.1 Å². The Morgan fingerprint density at radius 1 is 1.11 bits per heavy atom. The fourth-order valence-corrected chi connectivity index (χ4v) is 3.99. The molecule has 1 N–H and O–H groups in total. The number of nitrogens with zero attached hydrogens (tertiary/aromatic N) is 2. The van der Waals surface area contributed by atoms with E-state index < -0.39 is 11.7 Å². The molecule has 0 radical (unpaired) electrons. The molecule has 3 heterocycles. The molecule has 2 aromatic rings. The van der Waals surface area contributed by atoms with Gasteiger partial charge in [-0.15, -0.1) is 0 Å². The molecule has 2 aliphatic heterocycles. The number of ether oxygens (including phenoxy) is 1. The van der Waals surface area contributed by atoms with E-state index in [0.717, 1.165) is 31.7 Å². The van der Waals surface area contributed by atoms with Crippen LogP contribution in [0, 0.1) is 11.3 Å². The molecule has 7 heteroatoms. The summed E-state index contributed by atoms with van der Waals surface area (Å²) in [5, 5.41) is 12.8. The van der Waals surface area contributed by atoms with E-state index in [4.69, 9.17) is 4.74 Å². The van der Waals surface area contributed by atoms with Crippen molar-refractivity contribution >= 4 is 0 Å². The lowest BCUT2D eigenvalue weighted by Crippen LogP contribution is -2.42. The maximum atomic E-state index is 13.4. The highest BCUT2D eigenvalue weighted by molar-refractivity contribution is 5.66. The number of nitrogens with one attached hydrogen (secondary N) is 1. The molecule has 1 aromatic carbocycles. The second-order valence-corrected chi connectivity index (χ2v) is 7.08. The van der Waals surface area contributed by atoms with Gasteiger partial charge in [0.2, 0.25) is 5.88 Å². The summed E-state index contributed by atoms with van der Waals surface area (Å²) in [6.07, 6.45) is -0.653. The first-order chi connectivity index (χ1) is 12.9. The van der Waals surface area contributed by atoms with Crippen LogP contribution in [-0.4, -0.2) is 23.2 Å². The Balaban J connectivity index is 1.67. The summed E-state index contributed by atoms with van der Waals surface area (Å²) in [5.74, 6) is 0.201. The van der Waals surface area contributed by atoms with Crippen molar-refractivity contribution in [2.45, 2.75) is 50.0 Å². The largest absolute Gasteiger partial charge is 0.474 e. The van der Waals surface area contributed by atoms with Gasteiger partial charge in [0.05, 0.1) is 22.9 Å². The zero-order valence-corrected chi connectivity index (χ0v) is 14.5. The molecule has 0 aliphatic carbocycles. The van der Waals surface area contributed by atoms with Crippen LogP contribution in [0.25, 0.3) is 11.3 Å². The van der Waals surface area contributed by atoms with Crippen molar-refractivity contribution in [2.24, 2.45) is 0 Å². The molecule has 2 saturated heterocycles. The van der Waals surface area contributed by atoms with Crippen LogP contribution in [0.2, 0.25) is 0 Å². The second-order valence-electron chi connectivity index (χ2n) is 7.08. The predicted octanol–water partition coefficient (Wildman–Crippen LogP) is 4.30. The van der Waals surface area contributed by atoms with Crippen molar-refractivity contribution in [3.63, 3.8) is 0 Å². The van der Waals surface area contributed by atoms with Crippen LogP contribution in [0.3, 0.4) is 0 Å². The number of hydrogen-bond acceptors (Lipinski definition) is 4. The summed E-state index contributed by atoms with van der Waals surface area (Å²) in [7, 11) is 0. The number of alkyl halides is 3. The molecule has 1 aromatic heterocycles. The maximum Gasteiger partial charge on any atom is 0.417 e. The van der Waals surface area contributed by atoms with Gasteiger partial charge in [0.1, 0.15) is 6.10 Å². The number of aromatic nitrogens is 1. The Labute approximate surface area is 155 Å². The Morgan fingerprint density at radius 2 is 1.81 bits per heavy atom. The van der Waals surface area contributed by atoms with Gasteiger partial charge >= 0.3 is 6.18 Å². The second kappa shape index (κ2) is 6.86. The van der Waals surface area contributed by atoms with Crippen LogP contribution in [0.1, 0.15) is 36.8 Å². The molecule has 0 spiro atoms. The summed E-state index contributed by atoms with van der Waals surface area (Å²) < 4.78 is 46.0. The molecule has 0 amide bonds. The van der Waals surface area contributed by atoms with Gasteiger partial charge in [-0.2, -0.15) is 18.4 Å². The van der Waals surface area contributed by atoms with E-state index in [0.29, 0.717) is 12.1 Å². The van der Waals surface area contributed by atoms with Crippen molar-refractivity contribution in [3.05, 3.63) is 47.5 Å². The summed E-state index contributed by atoms with van der Waals surface area (Å²) >= 11 is 0. The molecule has 1 unspecified atom stereocenters. The van der Waals surface area contributed by atoms with Gasteiger partial charge in [-0.3, -0.25) is 0 Å². The van der Waals surface area contributed by atoms with Gasteiger partial charge in [-0.05, 0) is 37.8 Å². The number of nitriles is 1. The average molecular weight is 373 g/mol. The van der Waals surface area contributed by atoms with Gasteiger partial charge in [0.25, 0.3) is 0 Å².